The number of benzene rings is 2. The summed E-state index contributed by atoms with van der Waals surface area (Å²) in [4.78, 5) is 10.2. The van der Waals surface area contributed by atoms with Gasteiger partial charge in [0.2, 0.25) is 0 Å². The molecule has 0 amide bonds. The number of rotatable bonds is 6. The predicted octanol–water partition coefficient (Wildman–Crippen LogP) is 4.17. The first-order chi connectivity index (χ1) is 11.7. The van der Waals surface area contributed by atoms with Crippen molar-refractivity contribution < 1.29 is 0 Å². The fourth-order valence-corrected chi connectivity index (χ4v) is 2.82. The van der Waals surface area contributed by atoms with Crippen LogP contribution in [0.5, 0.6) is 0 Å². The van der Waals surface area contributed by atoms with Crippen LogP contribution >= 0.6 is 0 Å². The number of aromatic nitrogens is 2. The molecular weight excluding hydrogens is 296 g/mol. The van der Waals surface area contributed by atoms with Crippen LogP contribution in [0.2, 0.25) is 0 Å². The number of hydrogen-bond acceptors (Lipinski definition) is 3. The molecule has 0 fully saturated rings. The topological polar surface area (TPSA) is 57.9 Å². The summed E-state index contributed by atoms with van der Waals surface area (Å²) >= 11 is 0. The zero-order valence-electron chi connectivity index (χ0n) is 14.3. The highest BCUT2D eigenvalue weighted by atomic mass is 15.1. The number of anilines is 1. The molecule has 0 atom stereocenters. The first kappa shape index (κ1) is 16.3. The maximum atomic E-state index is 5.75. The normalized spacial score (nSPS) is 11.1. The molecule has 2 aromatic carbocycles. The molecule has 0 bridgehead atoms. The van der Waals surface area contributed by atoms with Crippen LogP contribution in [0.4, 0.5) is 5.69 Å². The summed E-state index contributed by atoms with van der Waals surface area (Å²) in [7, 11) is 2.12. The van der Waals surface area contributed by atoms with Gasteiger partial charge in [-0.3, -0.25) is 4.90 Å². The average Bonchev–Trinajstić information content (AvgIpc) is 3.04. The Kier molecular flexibility index (Phi) is 4.96. The van der Waals surface area contributed by atoms with E-state index in [1.54, 1.807) is 0 Å². The van der Waals surface area contributed by atoms with Crippen LogP contribution in [-0.2, 0) is 6.54 Å². The number of hydrogen-bond donors (Lipinski definition) is 2. The largest absolute Gasteiger partial charge is 0.399 e. The summed E-state index contributed by atoms with van der Waals surface area (Å²) in [5.74, 6) is 1.00. The second-order valence-electron chi connectivity index (χ2n) is 6.18. The van der Waals surface area contributed by atoms with E-state index < -0.39 is 0 Å². The first-order valence-corrected chi connectivity index (χ1v) is 8.34. The second kappa shape index (κ2) is 7.32. The van der Waals surface area contributed by atoms with Crippen LogP contribution in [0, 0.1) is 0 Å². The maximum Gasteiger partial charge on any atom is 0.120 e. The quantitative estimate of drug-likeness (QED) is 0.670. The summed E-state index contributed by atoms with van der Waals surface area (Å²) in [6.07, 6.45) is 3.06. The van der Waals surface area contributed by atoms with Gasteiger partial charge >= 0.3 is 0 Å². The van der Waals surface area contributed by atoms with E-state index in [9.17, 15) is 0 Å². The van der Waals surface area contributed by atoms with Crippen LogP contribution in [0.15, 0.2) is 54.7 Å². The van der Waals surface area contributed by atoms with Gasteiger partial charge in [0.25, 0.3) is 0 Å². The van der Waals surface area contributed by atoms with Gasteiger partial charge in [-0.25, -0.2) is 4.98 Å². The third kappa shape index (κ3) is 3.84. The monoisotopic (exact) mass is 320 g/mol. The zero-order valence-corrected chi connectivity index (χ0v) is 14.3. The van der Waals surface area contributed by atoms with Crippen LogP contribution in [0.3, 0.4) is 0 Å². The van der Waals surface area contributed by atoms with Crippen molar-refractivity contribution in [2.24, 2.45) is 0 Å². The minimum Gasteiger partial charge on any atom is -0.399 e. The molecule has 0 radical (unpaired) electrons. The third-order valence-corrected chi connectivity index (χ3v) is 4.09. The van der Waals surface area contributed by atoms with Crippen LogP contribution < -0.4 is 5.73 Å². The fourth-order valence-electron chi connectivity index (χ4n) is 2.82. The van der Waals surface area contributed by atoms with Gasteiger partial charge in [-0.15, -0.1) is 0 Å². The van der Waals surface area contributed by atoms with E-state index in [0.29, 0.717) is 0 Å². The Morgan fingerprint density at radius 1 is 0.958 bits per heavy atom. The molecule has 0 saturated carbocycles. The van der Waals surface area contributed by atoms with Gasteiger partial charge in [0.15, 0.2) is 0 Å². The Balaban J connectivity index is 1.74. The molecule has 0 unspecified atom stereocenters. The van der Waals surface area contributed by atoms with Crippen molar-refractivity contribution in [1.82, 2.24) is 14.9 Å². The molecule has 1 aromatic heterocycles. The SMILES string of the molecule is CCCN(C)Cc1ncc(-c2ccc(-c3ccc(N)cc3)cc2)[nH]1. The van der Waals surface area contributed by atoms with Gasteiger partial charge in [-0.05, 0) is 48.8 Å². The summed E-state index contributed by atoms with van der Waals surface area (Å²) < 4.78 is 0. The molecule has 0 aliphatic rings. The molecule has 4 heteroatoms. The van der Waals surface area contributed by atoms with Gasteiger partial charge in [-0.2, -0.15) is 0 Å². The highest BCUT2D eigenvalue weighted by Crippen LogP contribution is 2.24. The van der Waals surface area contributed by atoms with Gasteiger partial charge < -0.3 is 10.7 Å². The molecule has 0 spiro atoms. The zero-order chi connectivity index (χ0) is 16.9. The van der Waals surface area contributed by atoms with Crippen molar-refractivity contribution in [3.8, 4) is 22.4 Å². The van der Waals surface area contributed by atoms with Crippen molar-refractivity contribution in [2.45, 2.75) is 19.9 Å². The molecule has 3 aromatic rings. The van der Waals surface area contributed by atoms with E-state index in [1.165, 1.54) is 11.1 Å². The Bertz CT molecular complexity index is 772. The second-order valence-corrected chi connectivity index (χ2v) is 6.18. The average molecular weight is 320 g/mol. The van der Waals surface area contributed by atoms with E-state index in [2.05, 4.69) is 53.1 Å². The fraction of sp³-hybridized carbons (Fsp3) is 0.250. The van der Waals surface area contributed by atoms with Gasteiger partial charge in [0, 0.05) is 5.69 Å². The lowest BCUT2D eigenvalue weighted by molar-refractivity contribution is 0.320. The molecule has 24 heavy (non-hydrogen) atoms. The maximum absolute atomic E-state index is 5.75. The van der Waals surface area contributed by atoms with Crippen molar-refractivity contribution in [3.63, 3.8) is 0 Å². The minimum atomic E-state index is 0.786. The van der Waals surface area contributed by atoms with Crippen LogP contribution in [0.25, 0.3) is 22.4 Å². The van der Waals surface area contributed by atoms with E-state index in [4.69, 9.17) is 5.73 Å². The summed E-state index contributed by atoms with van der Waals surface area (Å²) in [5.41, 5.74) is 11.1. The molecule has 3 rings (SSSR count). The standard InChI is InChI=1S/C20H24N4/c1-3-12-24(2)14-20-22-13-19(23-20)17-6-4-15(5-7-17)16-8-10-18(21)11-9-16/h4-11,13H,3,12,14,21H2,1-2H3,(H,22,23). The van der Waals surface area contributed by atoms with Crippen molar-refractivity contribution in [3.05, 3.63) is 60.6 Å². The molecule has 124 valence electrons. The van der Waals surface area contributed by atoms with Crippen molar-refractivity contribution in [1.29, 1.82) is 0 Å². The molecule has 4 nitrogen and oxygen atoms in total. The highest BCUT2D eigenvalue weighted by molar-refractivity contribution is 5.69. The van der Waals surface area contributed by atoms with Crippen molar-refractivity contribution >= 4 is 5.69 Å². The van der Waals surface area contributed by atoms with Crippen molar-refractivity contribution in [2.75, 3.05) is 19.3 Å². The van der Waals surface area contributed by atoms with Gasteiger partial charge in [-0.1, -0.05) is 43.3 Å². The number of nitrogens with zero attached hydrogens (tertiary/aromatic N) is 2. The molecule has 1 heterocycles. The molecule has 0 aliphatic heterocycles. The summed E-state index contributed by atoms with van der Waals surface area (Å²) in [5, 5.41) is 0. The van der Waals surface area contributed by atoms with E-state index in [-0.39, 0.29) is 0 Å². The number of H-pyrrole nitrogens is 1. The minimum absolute atomic E-state index is 0.786. The lowest BCUT2D eigenvalue weighted by atomic mass is 10.0. The molecular formula is C20H24N4. The third-order valence-electron chi connectivity index (χ3n) is 4.09. The number of nitrogens with two attached hydrogens (primary N) is 1. The van der Waals surface area contributed by atoms with Crippen LogP contribution in [0.1, 0.15) is 19.2 Å². The summed E-state index contributed by atoms with van der Waals surface area (Å²) in [6.45, 7) is 4.11. The molecule has 3 N–H and O–H groups in total. The van der Waals surface area contributed by atoms with E-state index >= 15 is 0 Å². The molecule has 0 saturated heterocycles. The number of imidazole rings is 1. The predicted molar refractivity (Wildman–Crippen MR) is 100 cm³/mol. The van der Waals surface area contributed by atoms with Gasteiger partial charge in [0.05, 0.1) is 18.4 Å². The lowest BCUT2D eigenvalue weighted by Crippen LogP contribution is -2.19. The number of nitrogen functional groups attached to an aromatic ring is 1. The van der Waals surface area contributed by atoms with Crippen LogP contribution in [-0.4, -0.2) is 28.5 Å². The van der Waals surface area contributed by atoms with E-state index in [0.717, 1.165) is 42.3 Å². The smallest absolute Gasteiger partial charge is 0.120 e. The Morgan fingerprint density at radius 3 is 2.17 bits per heavy atom. The Labute approximate surface area is 143 Å². The Hall–Kier alpha value is -2.59. The first-order valence-electron chi connectivity index (χ1n) is 8.34. The number of nitrogens with one attached hydrogen (secondary N) is 1. The van der Waals surface area contributed by atoms with Gasteiger partial charge in [0.1, 0.15) is 5.82 Å². The number of aromatic amines is 1. The highest BCUT2D eigenvalue weighted by Gasteiger charge is 2.06. The summed E-state index contributed by atoms with van der Waals surface area (Å²) in [6, 6.07) is 16.4. The lowest BCUT2D eigenvalue weighted by Gasteiger charge is -2.13. The Morgan fingerprint density at radius 2 is 1.54 bits per heavy atom. The van der Waals surface area contributed by atoms with E-state index in [1.807, 2.05) is 30.5 Å². The molecule has 0 aliphatic carbocycles.